The van der Waals surface area contributed by atoms with E-state index in [9.17, 15) is 4.79 Å². The van der Waals surface area contributed by atoms with Gasteiger partial charge in [0.15, 0.2) is 0 Å². The Morgan fingerprint density at radius 3 is 2.55 bits per heavy atom. The van der Waals surface area contributed by atoms with Gasteiger partial charge in [-0.25, -0.2) is 4.98 Å². The first-order valence-corrected chi connectivity index (χ1v) is 7.76. The van der Waals surface area contributed by atoms with Crippen LogP contribution in [0.2, 0.25) is 0 Å². The molecule has 0 bridgehead atoms. The zero-order valence-electron chi connectivity index (χ0n) is 12.5. The molecule has 1 N–H and O–H groups in total. The van der Waals surface area contributed by atoms with Crippen LogP contribution in [0.15, 0.2) is 42.9 Å². The number of carbonyl (C=O) groups is 1. The molecule has 114 valence electrons. The predicted molar refractivity (Wildman–Crippen MR) is 87.1 cm³/mol. The third kappa shape index (κ3) is 3.42. The minimum atomic E-state index is -0.139. The zero-order chi connectivity index (χ0) is 15.2. The van der Waals surface area contributed by atoms with Gasteiger partial charge in [0.25, 0.3) is 5.91 Å². The lowest BCUT2D eigenvalue weighted by Crippen LogP contribution is -2.28. The van der Waals surface area contributed by atoms with Crippen LogP contribution >= 0.6 is 0 Å². The van der Waals surface area contributed by atoms with E-state index in [0.717, 1.165) is 31.7 Å². The zero-order valence-corrected chi connectivity index (χ0v) is 12.5. The quantitative estimate of drug-likeness (QED) is 0.945. The van der Waals surface area contributed by atoms with Crippen molar-refractivity contribution in [3.05, 3.63) is 48.4 Å². The van der Waals surface area contributed by atoms with Gasteiger partial charge in [0.1, 0.15) is 5.82 Å². The number of carbonyl (C=O) groups excluding carboxylic acids is 1. The molecule has 2 aromatic heterocycles. The van der Waals surface area contributed by atoms with Crippen LogP contribution < -0.4 is 10.2 Å². The number of hydrogen-bond acceptors (Lipinski definition) is 4. The van der Waals surface area contributed by atoms with E-state index in [1.54, 1.807) is 30.7 Å². The van der Waals surface area contributed by atoms with Crippen LogP contribution in [0.4, 0.5) is 11.5 Å². The first-order valence-electron chi connectivity index (χ1n) is 7.76. The minimum Gasteiger partial charge on any atom is -0.356 e. The van der Waals surface area contributed by atoms with Crippen LogP contribution in [-0.4, -0.2) is 29.0 Å². The molecule has 1 saturated heterocycles. The monoisotopic (exact) mass is 296 g/mol. The van der Waals surface area contributed by atoms with Crippen LogP contribution in [-0.2, 0) is 0 Å². The summed E-state index contributed by atoms with van der Waals surface area (Å²) in [6.45, 7) is 1.92. The maximum Gasteiger partial charge on any atom is 0.259 e. The van der Waals surface area contributed by atoms with Crippen LogP contribution in [0.25, 0.3) is 0 Å². The lowest BCUT2D eigenvalue weighted by atomic mass is 10.2. The molecule has 3 heterocycles. The average Bonchev–Trinajstić information content (AvgIpc) is 2.85. The lowest BCUT2D eigenvalue weighted by molar-refractivity contribution is 0.102. The summed E-state index contributed by atoms with van der Waals surface area (Å²) in [6.07, 6.45) is 9.88. The Kier molecular flexibility index (Phi) is 4.63. The van der Waals surface area contributed by atoms with Crippen LogP contribution in [0.5, 0.6) is 0 Å². The molecule has 0 aliphatic carbocycles. The first-order chi connectivity index (χ1) is 10.8. The van der Waals surface area contributed by atoms with Gasteiger partial charge in [0, 0.05) is 25.5 Å². The average molecular weight is 296 g/mol. The summed E-state index contributed by atoms with van der Waals surface area (Å²) < 4.78 is 0. The molecule has 3 rings (SSSR count). The van der Waals surface area contributed by atoms with E-state index in [4.69, 9.17) is 0 Å². The largest absolute Gasteiger partial charge is 0.356 e. The second-order valence-electron chi connectivity index (χ2n) is 5.47. The fraction of sp³-hybridized carbons (Fsp3) is 0.353. The molecule has 1 amide bonds. The highest BCUT2D eigenvalue weighted by Crippen LogP contribution is 2.22. The fourth-order valence-electron chi connectivity index (χ4n) is 2.74. The summed E-state index contributed by atoms with van der Waals surface area (Å²) in [4.78, 5) is 23.3. The van der Waals surface area contributed by atoms with Gasteiger partial charge in [0.05, 0.1) is 17.4 Å². The molecule has 0 aromatic carbocycles. The minimum absolute atomic E-state index is 0.139. The van der Waals surface area contributed by atoms with Gasteiger partial charge in [-0.2, -0.15) is 0 Å². The molecule has 0 saturated carbocycles. The van der Waals surface area contributed by atoms with E-state index in [1.165, 1.54) is 12.8 Å². The van der Waals surface area contributed by atoms with Crippen LogP contribution in [0.3, 0.4) is 0 Å². The number of pyridine rings is 2. The van der Waals surface area contributed by atoms with Gasteiger partial charge in [0.2, 0.25) is 0 Å². The van der Waals surface area contributed by atoms with Crippen molar-refractivity contribution in [1.82, 2.24) is 9.97 Å². The van der Waals surface area contributed by atoms with Gasteiger partial charge in [-0.05, 0) is 37.1 Å². The van der Waals surface area contributed by atoms with E-state index in [0.29, 0.717) is 11.3 Å². The summed E-state index contributed by atoms with van der Waals surface area (Å²) in [5, 5.41) is 2.89. The third-order valence-corrected chi connectivity index (χ3v) is 3.86. The van der Waals surface area contributed by atoms with Crippen molar-refractivity contribution in [3.63, 3.8) is 0 Å². The van der Waals surface area contributed by atoms with Crippen molar-refractivity contribution in [2.24, 2.45) is 0 Å². The van der Waals surface area contributed by atoms with E-state index < -0.39 is 0 Å². The Hall–Kier alpha value is -2.43. The molecule has 0 atom stereocenters. The second-order valence-corrected chi connectivity index (χ2v) is 5.47. The number of aromatic nitrogens is 2. The molecule has 2 aromatic rings. The highest BCUT2D eigenvalue weighted by molar-refractivity contribution is 6.07. The van der Waals surface area contributed by atoms with E-state index in [2.05, 4.69) is 20.2 Å². The Morgan fingerprint density at radius 1 is 1.05 bits per heavy atom. The molecule has 1 aliphatic heterocycles. The maximum absolute atomic E-state index is 12.6. The van der Waals surface area contributed by atoms with Crippen molar-refractivity contribution in [1.29, 1.82) is 0 Å². The van der Waals surface area contributed by atoms with Gasteiger partial charge < -0.3 is 10.2 Å². The number of amides is 1. The van der Waals surface area contributed by atoms with Crippen molar-refractivity contribution < 1.29 is 4.79 Å². The van der Waals surface area contributed by atoms with Crippen LogP contribution in [0.1, 0.15) is 36.0 Å². The van der Waals surface area contributed by atoms with Crippen molar-refractivity contribution in [2.45, 2.75) is 25.7 Å². The summed E-state index contributed by atoms with van der Waals surface area (Å²) in [5.41, 5.74) is 1.31. The Morgan fingerprint density at radius 2 is 1.82 bits per heavy atom. The molecule has 1 aliphatic rings. The number of hydrogen-bond donors (Lipinski definition) is 1. The van der Waals surface area contributed by atoms with Gasteiger partial charge in [-0.3, -0.25) is 9.78 Å². The fourth-order valence-corrected chi connectivity index (χ4v) is 2.74. The van der Waals surface area contributed by atoms with E-state index in [-0.39, 0.29) is 5.91 Å². The van der Waals surface area contributed by atoms with Crippen molar-refractivity contribution in [2.75, 3.05) is 23.3 Å². The maximum atomic E-state index is 12.6. The second kappa shape index (κ2) is 7.02. The SMILES string of the molecule is O=C(Nc1cccnc1)c1cccnc1N1CCCCCC1. The van der Waals surface area contributed by atoms with Crippen LogP contribution in [0, 0.1) is 0 Å². The Labute approximate surface area is 130 Å². The van der Waals surface area contributed by atoms with Gasteiger partial charge in [-0.1, -0.05) is 12.8 Å². The summed E-state index contributed by atoms with van der Waals surface area (Å²) in [6, 6.07) is 7.26. The molecular formula is C17H20N4O. The van der Waals surface area contributed by atoms with E-state index in [1.807, 2.05) is 12.1 Å². The topological polar surface area (TPSA) is 58.1 Å². The Bertz CT molecular complexity index is 622. The van der Waals surface area contributed by atoms with Gasteiger partial charge in [-0.15, -0.1) is 0 Å². The lowest BCUT2D eigenvalue weighted by Gasteiger charge is -2.23. The molecule has 22 heavy (non-hydrogen) atoms. The molecule has 0 unspecified atom stereocenters. The number of anilines is 2. The molecular weight excluding hydrogens is 276 g/mol. The normalized spacial score (nSPS) is 15.2. The first kappa shape index (κ1) is 14.5. The number of rotatable bonds is 3. The number of nitrogens with zero attached hydrogens (tertiary/aromatic N) is 3. The summed E-state index contributed by atoms with van der Waals surface area (Å²) in [5.74, 6) is 0.645. The number of nitrogens with one attached hydrogen (secondary N) is 1. The molecule has 1 fully saturated rings. The molecule has 5 nitrogen and oxygen atoms in total. The summed E-state index contributed by atoms with van der Waals surface area (Å²) in [7, 11) is 0. The predicted octanol–water partition coefficient (Wildman–Crippen LogP) is 3.11. The highest BCUT2D eigenvalue weighted by Gasteiger charge is 2.19. The molecule has 5 heteroatoms. The standard InChI is InChI=1S/C17H20N4O/c22-17(20-14-7-5-9-18-13-14)15-8-6-10-19-16(15)21-11-3-1-2-4-12-21/h5-10,13H,1-4,11-12H2,(H,20,22). The van der Waals surface area contributed by atoms with Gasteiger partial charge >= 0.3 is 0 Å². The Balaban J connectivity index is 1.82. The third-order valence-electron chi connectivity index (χ3n) is 3.86. The van der Waals surface area contributed by atoms with E-state index >= 15 is 0 Å². The summed E-state index contributed by atoms with van der Waals surface area (Å²) >= 11 is 0. The van der Waals surface area contributed by atoms with Crippen molar-refractivity contribution >= 4 is 17.4 Å². The smallest absolute Gasteiger partial charge is 0.259 e. The highest BCUT2D eigenvalue weighted by atomic mass is 16.1. The van der Waals surface area contributed by atoms with Crippen molar-refractivity contribution in [3.8, 4) is 0 Å². The molecule has 0 radical (unpaired) electrons. The molecule has 0 spiro atoms.